The molecule has 0 spiro atoms. The standard InChI is InChI=1S/2C21H22N.2C20H20N/c2*1-15-10-11-19(16(2)12-15)21-13-17(3)20(14-22(21)4)18-8-6-5-7-9-18;2*1-15-9-11-19(16(2)13-15)20-12-10-18(14-21(20)3)17-7-5-4-6-8-17/h2*5-14H,1-4H3;2*4-14H,1-3H3/q4*+1/i1D3;;1D3;. The number of aromatic nitrogens is 4. The van der Waals surface area contributed by atoms with Gasteiger partial charge in [-0.2, -0.15) is 0 Å². The van der Waals surface area contributed by atoms with Crippen LogP contribution in [0.5, 0.6) is 0 Å². The molecule has 0 saturated heterocycles. The lowest BCUT2D eigenvalue weighted by atomic mass is 9.97. The van der Waals surface area contributed by atoms with Crippen LogP contribution in [0.25, 0.3) is 89.5 Å². The van der Waals surface area contributed by atoms with Crippen molar-refractivity contribution >= 4 is 0 Å². The molecule has 0 aliphatic heterocycles. The van der Waals surface area contributed by atoms with E-state index in [1.807, 2.05) is 82.5 Å². The second-order valence-corrected chi connectivity index (χ2v) is 22.7. The summed E-state index contributed by atoms with van der Waals surface area (Å²) in [5.41, 5.74) is 29.5. The summed E-state index contributed by atoms with van der Waals surface area (Å²) in [5.74, 6) is 0. The minimum absolute atomic E-state index is 0.382. The Morgan fingerprint density at radius 3 is 0.791 bits per heavy atom. The van der Waals surface area contributed by atoms with Gasteiger partial charge in [0.2, 0.25) is 22.8 Å². The third-order valence-electron chi connectivity index (χ3n) is 15.9. The van der Waals surface area contributed by atoms with Gasteiger partial charge in [-0.3, -0.25) is 0 Å². The summed E-state index contributed by atoms with van der Waals surface area (Å²) in [7, 11) is 8.28. The van der Waals surface area contributed by atoms with Crippen molar-refractivity contribution in [2.75, 3.05) is 0 Å². The first-order valence-electron chi connectivity index (χ1n) is 32.4. The number of hydrogen-bond donors (Lipinski definition) is 0. The van der Waals surface area contributed by atoms with Crippen molar-refractivity contribution in [1.29, 1.82) is 0 Å². The lowest BCUT2D eigenvalue weighted by Crippen LogP contribution is -2.31. The third kappa shape index (κ3) is 14.8. The lowest BCUT2D eigenvalue weighted by Gasteiger charge is -2.10. The Labute approximate surface area is 521 Å². The van der Waals surface area contributed by atoms with Crippen molar-refractivity contribution in [1.82, 2.24) is 0 Å². The van der Waals surface area contributed by atoms with Gasteiger partial charge in [0.05, 0.1) is 0 Å². The fraction of sp³-hybridized carbons (Fsp3) is 0.171. The minimum atomic E-state index is -2.07. The van der Waals surface area contributed by atoms with Crippen molar-refractivity contribution in [2.45, 2.75) is 69.1 Å². The zero-order chi connectivity index (χ0) is 66.0. The number of pyridine rings is 4. The summed E-state index contributed by atoms with van der Waals surface area (Å²) in [6.45, 7) is 12.7. The minimum Gasteiger partial charge on any atom is -0.200 e. The normalized spacial score (nSPS) is 12.0. The van der Waals surface area contributed by atoms with E-state index in [2.05, 4.69) is 250 Å². The molecule has 8 aromatic carbocycles. The first kappa shape index (κ1) is 53.1. The quantitative estimate of drug-likeness (QED) is 0.135. The molecule has 0 aliphatic carbocycles. The maximum atomic E-state index is 7.57. The van der Waals surface area contributed by atoms with Crippen LogP contribution < -0.4 is 18.3 Å². The van der Waals surface area contributed by atoms with Crippen molar-refractivity contribution in [2.24, 2.45) is 28.2 Å². The number of nitrogens with zero attached hydrogens (tertiary/aromatic N) is 4. The van der Waals surface area contributed by atoms with Crippen molar-refractivity contribution in [3.8, 4) is 89.5 Å². The van der Waals surface area contributed by atoms with Gasteiger partial charge in [0.25, 0.3) is 0 Å². The van der Waals surface area contributed by atoms with Crippen LogP contribution >= 0.6 is 0 Å². The average molecular weight is 1130 g/mol. The molecule has 0 unspecified atom stereocenters. The van der Waals surface area contributed by atoms with Crippen LogP contribution in [0.15, 0.2) is 255 Å². The molecule has 0 radical (unpaired) electrons. The Hall–Kier alpha value is -9.64. The van der Waals surface area contributed by atoms with Gasteiger partial charge in [0, 0.05) is 77.0 Å². The summed E-state index contributed by atoms with van der Waals surface area (Å²) in [5, 5.41) is 0. The van der Waals surface area contributed by atoms with E-state index in [9.17, 15) is 0 Å². The van der Waals surface area contributed by atoms with E-state index in [0.717, 1.165) is 39.2 Å². The highest BCUT2D eigenvalue weighted by Gasteiger charge is 2.20. The van der Waals surface area contributed by atoms with Gasteiger partial charge in [0.1, 0.15) is 28.2 Å². The summed E-state index contributed by atoms with van der Waals surface area (Å²) in [6.07, 6.45) is 8.67. The number of hydrogen-bond acceptors (Lipinski definition) is 0. The first-order valence-corrected chi connectivity index (χ1v) is 29.4. The Morgan fingerprint density at radius 1 is 0.221 bits per heavy atom. The second kappa shape index (κ2) is 27.8. The number of rotatable bonds is 8. The molecule has 0 aliphatic rings. The largest absolute Gasteiger partial charge is 0.212 e. The van der Waals surface area contributed by atoms with Crippen LogP contribution in [0.4, 0.5) is 0 Å². The van der Waals surface area contributed by atoms with Gasteiger partial charge in [0.15, 0.2) is 24.8 Å². The van der Waals surface area contributed by atoms with Crippen LogP contribution in [-0.4, -0.2) is 0 Å². The molecule has 0 saturated carbocycles. The molecule has 0 fully saturated rings. The highest BCUT2D eigenvalue weighted by atomic mass is 14.9. The zero-order valence-electron chi connectivity index (χ0n) is 58.0. The van der Waals surface area contributed by atoms with E-state index in [4.69, 9.17) is 8.22 Å². The number of aryl methyl sites for hydroxylation is 14. The average Bonchev–Trinajstić information content (AvgIpc) is 0.829. The predicted octanol–water partition coefficient (Wildman–Crippen LogP) is 18.5. The summed E-state index contributed by atoms with van der Waals surface area (Å²) < 4.78 is 54.0. The molecule has 4 heterocycles. The third-order valence-corrected chi connectivity index (χ3v) is 15.9. The van der Waals surface area contributed by atoms with Gasteiger partial charge < -0.3 is 0 Å². The van der Waals surface area contributed by atoms with E-state index >= 15 is 0 Å². The fourth-order valence-corrected chi connectivity index (χ4v) is 11.4. The van der Waals surface area contributed by atoms with Gasteiger partial charge in [-0.25, -0.2) is 18.3 Å². The van der Waals surface area contributed by atoms with E-state index in [0.29, 0.717) is 11.1 Å². The second-order valence-electron chi connectivity index (χ2n) is 22.7. The molecule has 4 heteroatoms. The summed E-state index contributed by atoms with van der Waals surface area (Å²) in [4.78, 5) is 0. The molecule has 0 bridgehead atoms. The molecule has 0 amide bonds. The monoisotopic (exact) mass is 1130 g/mol. The fourth-order valence-electron chi connectivity index (χ4n) is 11.4. The van der Waals surface area contributed by atoms with Crippen LogP contribution in [0.1, 0.15) is 63.9 Å². The molecule has 12 aromatic rings. The Kier molecular flexibility index (Phi) is 17.2. The molecule has 428 valence electrons. The van der Waals surface area contributed by atoms with E-state index in [-0.39, 0.29) is 0 Å². The van der Waals surface area contributed by atoms with Gasteiger partial charge in [-0.1, -0.05) is 192 Å². The maximum Gasteiger partial charge on any atom is 0.212 e. The first-order chi connectivity index (χ1) is 43.8. The molecular formula is C82H84N4+4. The van der Waals surface area contributed by atoms with Crippen molar-refractivity contribution in [3.63, 3.8) is 0 Å². The topological polar surface area (TPSA) is 15.5 Å². The smallest absolute Gasteiger partial charge is 0.200 e. The molecule has 86 heavy (non-hydrogen) atoms. The summed E-state index contributed by atoms with van der Waals surface area (Å²) in [6, 6.07) is 78.7. The van der Waals surface area contributed by atoms with Crippen LogP contribution in [0, 0.1) is 69.1 Å². The highest BCUT2D eigenvalue weighted by molar-refractivity contribution is 5.72. The van der Waals surface area contributed by atoms with Crippen molar-refractivity contribution in [3.05, 3.63) is 311 Å². The molecular weight excluding hydrogens is 1040 g/mol. The summed E-state index contributed by atoms with van der Waals surface area (Å²) >= 11 is 0. The SMILES string of the molecule is Cc1ccc(-c2cc(C)c(-c3ccccc3)c[n+]2C)c(C)c1.Cc1ccc(-c2ccc(-c3ccccc3)c[n+]2C)c(C)c1.[2H]C([2H])([2H])c1ccc(-c2cc(C)c(-c3ccccc3)c[n+]2C)c(C)c1.[2H]C([2H])([2H])c1ccc(-c2ccc(-c3ccccc3)c[n+]2C)c(C)c1. The highest BCUT2D eigenvalue weighted by Crippen LogP contribution is 2.31. The molecule has 4 nitrogen and oxygen atoms in total. The van der Waals surface area contributed by atoms with Gasteiger partial charge >= 0.3 is 0 Å². The Bertz CT molecular complexity index is 4540. The van der Waals surface area contributed by atoms with Crippen LogP contribution in [-0.2, 0) is 28.2 Å². The van der Waals surface area contributed by atoms with E-state index in [1.54, 1.807) is 24.3 Å². The van der Waals surface area contributed by atoms with Crippen LogP contribution in [0.3, 0.4) is 0 Å². The molecule has 12 rings (SSSR count). The lowest BCUT2D eigenvalue weighted by molar-refractivity contribution is -0.660. The maximum absolute atomic E-state index is 7.57. The molecule has 4 aromatic heterocycles. The Morgan fingerprint density at radius 2 is 0.488 bits per heavy atom. The van der Waals surface area contributed by atoms with E-state index < -0.39 is 13.7 Å². The number of benzene rings is 8. The van der Waals surface area contributed by atoms with E-state index in [1.165, 1.54) is 94.8 Å². The molecule has 0 atom stereocenters. The van der Waals surface area contributed by atoms with Gasteiger partial charge in [-0.05, 0) is 161 Å². The Balaban J connectivity index is 0.000000145. The van der Waals surface area contributed by atoms with Crippen molar-refractivity contribution < 1.29 is 26.5 Å². The van der Waals surface area contributed by atoms with Gasteiger partial charge in [-0.15, -0.1) is 0 Å². The van der Waals surface area contributed by atoms with Crippen LogP contribution in [0.2, 0.25) is 0 Å². The zero-order valence-corrected chi connectivity index (χ0v) is 52.0. The predicted molar refractivity (Wildman–Crippen MR) is 361 cm³/mol. The molecule has 0 N–H and O–H groups in total.